The van der Waals surface area contributed by atoms with E-state index in [1.807, 2.05) is 0 Å². The van der Waals surface area contributed by atoms with Crippen LogP contribution in [0.1, 0.15) is 43.0 Å². The molecule has 0 spiro atoms. The van der Waals surface area contributed by atoms with Gasteiger partial charge in [-0.2, -0.15) is 4.31 Å². The van der Waals surface area contributed by atoms with Crippen molar-refractivity contribution in [3.63, 3.8) is 0 Å². The Hall–Kier alpha value is -2.86. The molecule has 2 amide bonds. The Morgan fingerprint density at radius 2 is 1.93 bits per heavy atom. The molecule has 156 valence electrons. The number of hydrogen-bond donors (Lipinski definition) is 2. The number of hydrazine groups is 1. The number of tetrazole rings is 1. The van der Waals surface area contributed by atoms with Crippen molar-refractivity contribution >= 4 is 21.8 Å². The van der Waals surface area contributed by atoms with Gasteiger partial charge in [-0.15, -0.1) is 5.10 Å². The van der Waals surface area contributed by atoms with Gasteiger partial charge in [-0.05, 0) is 54.0 Å². The molecule has 3 rings (SSSR count). The molecule has 0 saturated carbocycles. The van der Waals surface area contributed by atoms with E-state index < -0.39 is 27.9 Å². The molecule has 2 N–H and O–H groups in total. The average molecular weight is 421 g/mol. The number of rotatable bonds is 6. The number of hydrogen-bond acceptors (Lipinski definition) is 7. The van der Waals surface area contributed by atoms with Gasteiger partial charge in [-0.25, -0.2) is 13.1 Å². The van der Waals surface area contributed by atoms with E-state index in [2.05, 4.69) is 26.4 Å². The summed E-state index contributed by atoms with van der Waals surface area (Å²) in [5.41, 5.74) is 5.70. The highest BCUT2D eigenvalue weighted by molar-refractivity contribution is 7.89. The zero-order valence-electron chi connectivity index (χ0n) is 16.0. The number of carbonyl (C=O) groups is 2. The molecule has 0 bridgehead atoms. The van der Waals surface area contributed by atoms with Gasteiger partial charge in [0.05, 0.1) is 11.4 Å². The fourth-order valence-electron chi connectivity index (χ4n) is 3.19. The highest BCUT2D eigenvalue weighted by Gasteiger charge is 2.36. The minimum Gasteiger partial charge on any atom is -0.271 e. The third-order valence-corrected chi connectivity index (χ3v) is 6.69. The number of piperidine rings is 1. The van der Waals surface area contributed by atoms with E-state index in [1.165, 1.54) is 15.3 Å². The SMILES string of the molecule is CCCS(=O)(=O)N1CCCCC1C(=O)NNC(=O)c1ccc(-n2cnnn2)cc1. The molecule has 1 aliphatic heterocycles. The van der Waals surface area contributed by atoms with E-state index in [1.54, 1.807) is 31.2 Å². The first-order valence-corrected chi connectivity index (χ1v) is 11.0. The average Bonchev–Trinajstić information content (AvgIpc) is 3.27. The molecule has 0 aliphatic carbocycles. The summed E-state index contributed by atoms with van der Waals surface area (Å²) in [5, 5.41) is 10.8. The maximum atomic E-state index is 12.5. The number of nitrogens with zero attached hydrogens (tertiary/aromatic N) is 5. The molecule has 1 atom stereocenters. The lowest BCUT2D eigenvalue weighted by molar-refractivity contribution is -0.126. The summed E-state index contributed by atoms with van der Waals surface area (Å²) in [5.74, 6) is -1.06. The highest BCUT2D eigenvalue weighted by Crippen LogP contribution is 2.21. The molecule has 0 radical (unpaired) electrons. The van der Waals surface area contributed by atoms with Crippen molar-refractivity contribution in [3.05, 3.63) is 36.2 Å². The number of sulfonamides is 1. The van der Waals surface area contributed by atoms with Crippen molar-refractivity contribution in [2.45, 2.75) is 38.6 Å². The van der Waals surface area contributed by atoms with Gasteiger partial charge < -0.3 is 0 Å². The second-order valence-electron chi connectivity index (χ2n) is 6.68. The third kappa shape index (κ3) is 4.95. The lowest BCUT2D eigenvalue weighted by atomic mass is 10.0. The number of carbonyl (C=O) groups excluding carboxylic acids is 2. The Morgan fingerprint density at radius 3 is 2.59 bits per heavy atom. The summed E-state index contributed by atoms with van der Waals surface area (Å²) in [6.45, 7) is 2.09. The Labute approximate surface area is 168 Å². The smallest absolute Gasteiger partial charge is 0.269 e. The maximum Gasteiger partial charge on any atom is 0.269 e. The molecule has 1 fully saturated rings. The van der Waals surface area contributed by atoms with Crippen LogP contribution in [0.3, 0.4) is 0 Å². The molecule has 11 nitrogen and oxygen atoms in total. The summed E-state index contributed by atoms with van der Waals surface area (Å²) in [7, 11) is -3.50. The molecule has 1 aliphatic rings. The van der Waals surface area contributed by atoms with Crippen LogP contribution in [0.25, 0.3) is 5.69 Å². The number of benzene rings is 1. The lowest BCUT2D eigenvalue weighted by Gasteiger charge is -2.33. The summed E-state index contributed by atoms with van der Waals surface area (Å²) in [6, 6.07) is 5.64. The monoisotopic (exact) mass is 421 g/mol. The molecule has 12 heteroatoms. The molecular weight excluding hydrogens is 398 g/mol. The van der Waals surface area contributed by atoms with Gasteiger partial charge in [0.1, 0.15) is 12.4 Å². The third-order valence-electron chi connectivity index (χ3n) is 4.62. The Balaban J connectivity index is 1.61. The lowest BCUT2D eigenvalue weighted by Crippen LogP contribution is -2.55. The first kappa shape index (κ1) is 20.9. The molecule has 29 heavy (non-hydrogen) atoms. The van der Waals surface area contributed by atoms with Crippen molar-refractivity contribution in [1.29, 1.82) is 0 Å². The number of nitrogens with one attached hydrogen (secondary N) is 2. The Kier molecular flexibility index (Phi) is 6.54. The van der Waals surface area contributed by atoms with E-state index in [0.29, 0.717) is 37.1 Å². The summed E-state index contributed by atoms with van der Waals surface area (Å²) in [6.07, 6.45) is 3.79. The summed E-state index contributed by atoms with van der Waals surface area (Å²) >= 11 is 0. The number of amides is 2. The molecule has 1 aromatic carbocycles. The minimum absolute atomic E-state index is 0.00319. The standard InChI is InChI=1S/C17H23N7O4S/c1-2-11-29(27,28)24-10-4-3-5-15(24)17(26)20-19-16(25)13-6-8-14(9-7-13)23-12-18-21-22-23/h6-9,12,15H,2-5,10-11H2,1H3,(H,19,25)(H,20,26). The van der Waals surface area contributed by atoms with Gasteiger partial charge >= 0.3 is 0 Å². The van der Waals surface area contributed by atoms with Crippen LogP contribution >= 0.6 is 0 Å². The van der Waals surface area contributed by atoms with Crippen molar-refractivity contribution in [3.8, 4) is 5.69 Å². The van der Waals surface area contributed by atoms with Gasteiger partial charge in [0.15, 0.2) is 0 Å². The molecule has 1 saturated heterocycles. The topological polar surface area (TPSA) is 139 Å². The van der Waals surface area contributed by atoms with E-state index in [0.717, 1.165) is 6.42 Å². The number of aromatic nitrogens is 4. The Bertz CT molecular complexity index is 945. The summed E-state index contributed by atoms with van der Waals surface area (Å²) < 4.78 is 27.6. The van der Waals surface area contributed by atoms with Gasteiger partial charge in [-0.1, -0.05) is 13.3 Å². The van der Waals surface area contributed by atoms with E-state index >= 15 is 0 Å². The van der Waals surface area contributed by atoms with Gasteiger partial charge in [0, 0.05) is 12.1 Å². The van der Waals surface area contributed by atoms with Crippen LogP contribution < -0.4 is 10.9 Å². The molecule has 2 heterocycles. The van der Waals surface area contributed by atoms with Crippen LogP contribution in [0.5, 0.6) is 0 Å². The van der Waals surface area contributed by atoms with Crippen LogP contribution in [0.4, 0.5) is 0 Å². The zero-order chi connectivity index (χ0) is 20.9. The summed E-state index contributed by atoms with van der Waals surface area (Å²) in [4.78, 5) is 24.9. The van der Waals surface area contributed by atoms with Crippen LogP contribution in [0.15, 0.2) is 30.6 Å². The van der Waals surface area contributed by atoms with Crippen LogP contribution in [0, 0.1) is 0 Å². The quantitative estimate of drug-likeness (QED) is 0.627. The van der Waals surface area contributed by atoms with Crippen LogP contribution in [0.2, 0.25) is 0 Å². The van der Waals surface area contributed by atoms with E-state index in [9.17, 15) is 18.0 Å². The van der Waals surface area contributed by atoms with Gasteiger partial charge in [0.25, 0.3) is 11.8 Å². The van der Waals surface area contributed by atoms with E-state index in [-0.39, 0.29) is 5.75 Å². The molecular formula is C17H23N7O4S. The fraction of sp³-hybridized carbons (Fsp3) is 0.471. The van der Waals surface area contributed by atoms with Crippen molar-refractivity contribution in [1.82, 2.24) is 35.4 Å². The Morgan fingerprint density at radius 1 is 1.17 bits per heavy atom. The second kappa shape index (κ2) is 9.09. The first-order valence-electron chi connectivity index (χ1n) is 9.35. The minimum atomic E-state index is -3.50. The second-order valence-corrected chi connectivity index (χ2v) is 8.72. The predicted octanol–water partition coefficient (Wildman–Crippen LogP) is 0.0176. The highest BCUT2D eigenvalue weighted by atomic mass is 32.2. The van der Waals surface area contributed by atoms with Gasteiger partial charge in [-0.3, -0.25) is 20.4 Å². The van der Waals surface area contributed by atoms with Crippen molar-refractivity contribution < 1.29 is 18.0 Å². The van der Waals surface area contributed by atoms with Gasteiger partial charge in [0.2, 0.25) is 10.0 Å². The molecule has 2 aromatic rings. The van der Waals surface area contributed by atoms with Crippen LogP contribution in [-0.2, 0) is 14.8 Å². The van der Waals surface area contributed by atoms with Crippen molar-refractivity contribution in [2.24, 2.45) is 0 Å². The van der Waals surface area contributed by atoms with E-state index in [4.69, 9.17) is 0 Å². The normalized spacial score (nSPS) is 17.6. The molecule has 1 aromatic heterocycles. The first-order chi connectivity index (χ1) is 13.9. The largest absolute Gasteiger partial charge is 0.271 e. The maximum absolute atomic E-state index is 12.5. The van der Waals surface area contributed by atoms with Crippen molar-refractivity contribution in [2.75, 3.05) is 12.3 Å². The zero-order valence-corrected chi connectivity index (χ0v) is 16.8. The molecule has 1 unspecified atom stereocenters. The van der Waals surface area contributed by atoms with Crippen LogP contribution in [-0.4, -0.2) is 63.1 Å². The predicted molar refractivity (Wildman–Crippen MR) is 103 cm³/mol. The fourth-order valence-corrected chi connectivity index (χ4v) is 4.94.